The first-order chi connectivity index (χ1) is 11.4. The minimum Gasteiger partial charge on any atom is -0.311 e. The fraction of sp³-hybridized carbons (Fsp3) is 0. The van der Waals surface area contributed by atoms with Crippen LogP contribution in [-0.2, 0) is 0 Å². The van der Waals surface area contributed by atoms with Gasteiger partial charge in [0.2, 0.25) is 0 Å². The highest BCUT2D eigenvalue weighted by molar-refractivity contribution is 6.30. The van der Waals surface area contributed by atoms with Gasteiger partial charge >= 0.3 is 11.4 Å². The molecule has 0 saturated heterocycles. The van der Waals surface area contributed by atoms with Crippen LogP contribution in [0, 0.1) is 11.6 Å². The van der Waals surface area contributed by atoms with Gasteiger partial charge in [-0.2, -0.15) is 4.57 Å². The Morgan fingerprint density at radius 1 is 1.04 bits per heavy atom. The zero-order valence-electron chi connectivity index (χ0n) is 11.7. The van der Waals surface area contributed by atoms with Crippen molar-refractivity contribution in [1.82, 2.24) is 9.31 Å². The van der Waals surface area contributed by atoms with E-state index in [-0.39, 0.29) is 15.3 Å². The van der Waals surface area contributed by atoms with E-state index in [1.54, 1.807) is 0 Å². The number of halogens is 3. The average molecular weight is 353 g/mol. The first-order valence-corrected chi connectivity index (χ1v) is 6.88. The van der Waals surface area contributed by atoms with Gasteiger partial charge < -0.3 is 4.52 Å². The first kappa shape index (κ1) is 15.9. The van der Waals surface area contributed by atoms with E-state index in [2.05, 4.69) is 0 Å². The highest BCUT2D eigenvalue weighted by Gasteiger charge is 2.25. The van der Waals surface area contributed by atoms with E-state index in [9.17, 15) is 23.2 Å². The summed E-state index contributed by atoms with van der Waals surface area (Å²) in [6.07, 6.45) is 0. The van der Waals surface area contributed by atoms with Crippen molar-refractivity contribution in [2.45, 2.75) is 0 Å². The molecule has 0 atom stereocenters. The summed E-state index contributed by atoms with van der Waals surface area (Å²) in [5, 5.41) is 0.251. The summed E-state index contributed by atoms with van der Waals surface area (Å²) in [5.74, 6) is -5.26. The lowest BCUT2D eigenvalue weighted by Gasteiger charge is -2.02. The molecule has 0 unspecified atom stereocenters. The third-order valence-electron chi connectivity index (χ3n) is 3.14. The van der Waals surface area contributed by atoms with Gasteiger partial charge in [0.15, 0.2) is 0 Å². The van der Waals surface area contributed by atoms with Crippen LogP contribution < -0.4 is 11.4 Å². The highest BCUT2D eigenvalue weighted by atomic mass is 35.5. The van der Waals surface area contributed by atoms with E-state index in [0.717, 1.165) is 18.2 Å². The van der Waals surface area contributed by atoms with Gasteiger partial charge in [-0.25, -0.2) is 18.4 Å². The minimum atomic E-state index is -1.47. The molecule has 24 heavy (non-hydrogen) atoms. The summed E-state index contributed by atoms with van der Waals surface area (Å²) in [7, 11) is 0. The molecule has 0 aliphatic heterocycles. The van der Waals surface area contributed by atoms with Gasteiger partial charge in [-0.15, -0.1) is 4.74 Å². The molecule has 0 bridgehead atoms. The van der Waals surface area contributed by atoms with Gasteiger partial charge in [0.1, 0.15) is 17.2 Å². The fourth-order valence-corrected chi connectivity index (χ4v) is 2.26. The van der Waals surface area contributed by atoms with Crippen LogP contribution in [0.4, 0.5) is 8.78 Å². The molecule has 3 rings (SSSR count). The molecule has 122 valence electrons. The second-order valence-electron chi connectivity index (χ2n) is 4.65. The molecule has 1 heterocycles. The summed E-state index contributed by atoms with van der Waals surface area (Å²) in [6, 6.07) is 8.42. The number of carbonyl (C=O) groups is 1. The second kappa shape index (κ2) is 5.89. The third-order valence-corrected chi connectivity index (χ3v) is 3.37. The predicted octanol–water partition coefficient (Wildman–Crippen LogP) is 2.21. The molecule has 6 nitrogen and oxygen atoms in total. The van der Waals surface area contributed by atoms with Crippen LogP contribution >= 0.6 is 11.6 Å². The van der Waals surface area contributed by atoms with Crippen LogP contribution in [0.25, 0.3) is 5.69 Å². The van der Waals surface area contributed by atoms with Gasteiger partial charge in [0, 0.05) is 5.02 Å². The lowest BCUT2D eigenvalue weighted by molar-refractivity contribution is 0.0940. The Bertz CT molecular complexity index is 1050. The van der Waals surface area contributed by atoms with Crippen LogP contribution in [-0.4, -0.2) is 15.2 Å². The molecule has 0 aliphatic carbocycles. The Morgan fingerprint density at radius 2 is 1.67 bits per heavy atom. The SMILES string of the molecule is O=C(c1c(F)cccc1F)n1c(=O)on(-c2cccc(Cl)c2)c1=O. The zero-order valence-corrected chi connectivity index (χ0v) is 12.5. The molecule has 0 spiro atoms. The normalized spacial score (nSPS) is 10.8. The van der Waals surface area contributed by atoms with Gasteiger partial charge in [-0.1, -0.05) is 23.7 Å². The maximum Gasteiger partial charge on any atom is 0.450 e. The molecule has 3 aromatic rings. The number of carbonyl (C=O) groups excluding carboxylic acids is 1. The molecule has 0 radical (unpaired) electrons. The van der Waals surface area contributed by atoms with Gasteiger partial charge in [0.25, 0.3) is 5.91 Å². The fourth-order valence-electron chi connectivity index (χ4n) is 2.08. The van der Waals surface area contributed by atoms with Crippen molar-refractivity contribution in [1.29, 1.82) is 0 Å². The van der Waals surface area contributed by atoms with Crippen LogP contribution in [0.3, 0.4) is 0 Å². The summed E-state index contributed by atoms with van der Waals surface area (Å²) < 4.78 is 32.6. The first-order valence-electron chi connectivity index (χ1n) is 6.50. The van der Waals surface area contributed by atoms with Crippen molar-refractivity contribution in [3.05, 3.63) is 85.7 Å². The molecule has 0 N–H and O–H groups in total. The van der Waals surface area contributed by atoms with Crippen molar-refractivity contribution in [2.75, 3.05) is 0 Å². The number of hydrogen-bond acceptors (Lipinski definition) is 4. The molecule has 9 heteroatoms. The van der Waals surface area contributed by atoms with Crippen molar-refractivity contribution >= 4 is 17.5 Å². The van der Waals surface area contributed by atoms with E-state index in [0.29, 0.717) is 4.74 Å². The van der Waals surface area contributed by atoms with E-state index in [1.165, 1.54) is 24.3 Å². The Morgan fingerprint density at radius 3 is 2.29 bits per heavy atom. The smallest absolute Gasteiger partial charge is 0.311 e. The third kappa shape index (κ3) is 2.56. The molecule has 0 fully saturated rings. The number of rotatable bonds is 2. The topological polar surface area (TPSA) is 74.2 Å². The molecular weight excluding hydrogens is 346 g/mol. The van der Waals surface area contributed by atoms with Gasteiger partial charge in [-0.05, 0) is 30.3 Å². The number of benzene rings is 2. The van der Waals surface area contributed by atoms with Gasteiger partial charge in [0.05, 0.1) is 5.69 Å². The molecular formula is C15H7ClF2N2O4. The lowest BCUT2D eigenvalue weighted by atomic mass is 10.2. The highest BCUT2D eigenvalue weighted by Crippen LogP contribution is 2.14. The zero-order chi connectivity index (χ0) is 17.4. The minimum absolute atomic E-state index is 0.00238. The lowest BCUT2D eigenvalue weighted by Crippen LogP contribution is -2.35. The van der Waals surface area contributed by atoms with E-state index < -0.39 is 34.6 Å². The number of hydrogen-bond donors (Lipinski definition) is 0. The molecule has 1 aromatic heterocycles. The van der Waals surface area contributed by atoms with E-state index in [1.807, 2.05) is 0 Å². The largest absolute Gasteiger partial charge is 0.450 e. The number of nitrogens with zero attached hydrogens (tertiary/aromatic N) is 2. The van der Waals surface area contributed by atoms with Crippen molar-refractivity contribution in [2.24, 2.45) is 0 Å². The Balaban J connectivity index is 2.19. The maximum atomic E-state index is 13.7. The predicted molar refractivity (Wildman–Crippen MR) is 79.7 cm³/mol. The summed E-state index contributed by atoms with van der Waals surface area (Å²) in [6.45, 7) is 0. The van der Waals surface area contributed by atoms with Crippen molar-refractivity contribution in [3.8, 4) is 5.69 Å². The van der Waals surface area contributed by atoms with Crippen LogP contribution in [0.2, 0.25) is 5.02 Å². The van der Waals surface area contributed by atoms with Gasteiger partial charge in [-0.3, -0.25) is 4.79 Å². The molecule has 2 aromatic carbocycles. The van der Waals surface area contributed by atoms with E-state index in [4.69, 9.17) is 16.1 Å². The van der Waals surface area contributed by atoms with Crippen LogP contribution in [0.15, 0.2) is 56.6 Å². The van der Waals surface area contributed by atoms with Crippen molar-refractivity contribution in [3.63, 3.8) is 0 Å². The monoisotopic (exact) mass is 352 g/mol. The summed E-state index contributed by atoms with van der Waals surface area (Å²) in [4.78, 5) is 36.3. The molecule has 0 aliphatic rings. The Labute approximate surface area is 137 Å². The van der Waals surface area contributed by atoms with Crippen LogP contribution in [0.1, 0.15) is 10.4 Å². The average Bonchev–Trinajstić information content (AvgIpc) is 2.82. The summed E-state index contributed by atoms with van der Waals surface area (Å²) >= 11 is 5.79. The van der Waals surface area contributed by atoms with Crippen LogP contribution in [0.5, 0.6) is 0 Å². The summed E-state index contributed by atoms with van der Waals surface area (Å²) in [5.41, 5.74) is -2.17. The standard InChI is InChI=1S/C15H7ClF2N2O4/c16-8-3-1-4-9(7-8)20-14(22)19(15(23)24-20)13(21)12-10(17)5-2-6-11(12)18/h1-7H. The quantitative estimate of drug-likeness (QED) is 0.708. The molecule has 0 amide bonds. The van der Waals surface area contributed by atoms with E-state index >= 15 is 0 Å². The second-order valence-corrected chi connectivity index (χ2v) is 5.09. The maximum absolute atomic E-state index is 13.7. The Kier molecular flexibility index (Phi) is 3.90. The Hall–Kier alpha value is -3.00. The number of aromatic nitrogens is 2. The van der Waals surface area contributed by atoms with Crippen molar-refractivity contribution < 1.29 is 18.1 Å². The molecule has 0 saturated carbocycles.